The molecule has 0 aromatic carbocycles. The molecule has 0 bridgehead atoms. The third kappa shape index (κ3) is 4.99. The second-order valence-electron chi connectivity index (χ2n) is 6.79. The molecule has 0 aromatic rings. The van der Waals surface area contributed by atoms with Crippen molar-refractivity contribution in [1.29, 1.82) is 0 Å². The summed E-state index contributed by atoms with van der Waals surface area (Å²) in [5.74, 6) is 0.0670. The Labute approximate surface area is 126 Å². The highest BCUT2D eigenvalue weighted by Crippen LogP contribution is 2.31. The molecule has 0 radical (unpaired) electrons. The van der Waals surface area contributed by atoms with Crippen molar-refractivity contribution in [3.05, 3.63) is 0 Å². The van der Waals surface area contributed by atoms with E-state index in [2.05, 4.69) is 17.6 Å². The minimum atomic E-state index is -0.694. The number of nitrogens with one attached hydrogen (secondary N) is 2. The van der Waals surface area contributed by atoms with Crippen LogP contribution in [0.5, 0.6) is 0 Å². The van der Waals surface area contributed by atoms with Gasteiger partial charge in [0.05, 0.1) is 12.5 Å². The quantitative estimate of drug-likeness (QED) is 0.698. The van der Waals surface area contributed by atoms with Crippen molar-refractivity contribution in [2.75, 3.05) is 13.1 Å². The van der Waals surface area contributed by atoms with Crippen molar-refractivity contribution in [3.63, 3.8) is 0 Å². The molecule has 2 atom stereocenters. The van der Waals surface area contributed by atoms with Gasteiger partial charge < -0.3 is 15.7 Å². The summed E-state index contributed by atoms with van der Waals surface area (Å²) in [5, 5.41) is 15.3. The molecule has 2 aliphatic rings. The van der Waals surface area contributed by atoms with Gasteiger partial charge in [0.25, 0.3) is 0 Å². The molecule has 5 nitrogen and oxygen atoms in total. The average Bonchev–Trinajstić information content (AvgIpc) is 2.90. The number of carbonyl (C=O) groups is 2. The Kier molecular flexibility index (Phi) is 6.03. The van der Waals surface area contributed by atoms with Gasteiger partial charge in [0.1, 0.15) is 0 Å². The monoisotopic (exact) mass is 296 g/mol. The number of hydrogen-bond acceptors (Lipinski definition) is 3. The molecule has 2 rings (SSSR count). The summed E-state index contributed by atoms with van der Waals surface area (Å²) in [7, 11) is 0. The molecule has 0 heterocycles. The minimum absolute atomic E-state index is 0.0411. The molecule has 0 aliphatic heterocycles. The first-order valence-corrected chi connectivity index (χ1v) is 8.29. The van der Waals surface area contributed by atoms with Crippen LogP contribution in [0.2, 0.25) is 0 Å². The lowest BCUT2D eigenvalue weighted by Crippen LogP contribution is -2.43. The van der Waals surface area contributed by atoms with Crippen LogP contribution in [0.25, 0.3) is 0 Å². The molecular formula is C16H28N2O3. The summed E-state index contributed by atoms with van der Waals surface area (Å²) in [6, 6.07) is 0.328. The van der Waals surface area contributed by atoms with Crippen LogP contribution in [0.1, 0.15) is 51.9 Å². The van der Waals surface area contributed by atoms with Gasteiger partial charge in [0.2, 0.25) is 5.91 Å². The Balaban J connectivity index is 1.62. The van der Waals surface area contributed by atoms with Crippen LogP contribution in [0.4, 0.5) is 0 Å². The molecule has 0 saturated heterocycles. The highest BCUT2D eigenvalue weighted by atomic mass is 16.4. The van der Waals surface area contributed by atoms with Gasteiger partial charge in [0, 0.05) is 6.04 Å². The van der Waals surface area contributed by atoms with Crippen LogP contribution in [-0.4, -0.2) is 36.1 Å². The van der Waals surface area contributed by atoms with Crippen LogP contribution < -0.4 is 10.6 Å². The second-order valence-corrected chi connectivity index (χ2v) is 6.79. The third-order valence-corrected chi connectivity index (χ3v) is 5.05. The van der Waals surface area contributed by atoms with E-state index in [0.717, 1.165) is 38.0 Å². The molecule has 1 amide bonds. The van der Waals surface area contributed by atoms with Gasteiger partial charge in [-0.1, -0.05) is 13.3 Å². The number of carboxylic acid groups (broad SMARTS) is 1. The standard InChI is InChI=1S/C16H28N2O3/c1-11-5-7-13(8-6-11)18-15(19)10-17-9-12-3-2-4-14(12)16(20)21/h11-14,17H,2-10H2,1H3,(H,18,19)(H,20,21). The molecule has 0 spiro atoms. The minimum Gasteiger partial charge on any atom is -0.481 e. The Morgan fingerprint density at radius 1 is 1.10 bits per heavy atom. The highest BCUT2D eigenvalue weighted by Gasteiger charge is 2.32. The SMILES string of the molecule is CC1CCC(NC(=O)CNCC2CCCC2C(=O)O)CC1. The summed E-state index contributed by atoms with van der Waals surface area (Å²) in [4.78, 5) is 23.0. The molecular weight excluding hydrogens is 268 g/mol. The lowest BCUT2D eigenvalue weighted by molar-refractivity contribution is -0.142. The molecule has 3 N–H and O–H groups in total. The zero-order valence-electron chi connectivity index (χ0n) is 12.9. The second kappa shape index (κ2) is 7.78. The van der Waals surface area contributed by atoms with Crippen LogP contribution in [-0.2, 0) is 9.59 Å². The molecule has 21 heavy (non-hydrogen) atoms. The zero-order chi connectivity index (χ0) is 15.2. The Morgan fingerprint density at radius 3 is 2.48 bits per heavy atom. The fraction of sp³-hybridized carbons (Fsp3) is 0.875. The van der Waals surface area contributed by atoms with Crippen molar-refractivity contribution in [1.82, 2.24) is 10.6 Å². The van der Waals surface area contributed by atoms with Gasteiger partial charge in [-0.25, -0.2) is 0 Å². The van der Waals surface area contributed by atoms with E-state index in [0.29, 0.717) is 19.1 Å². The van der Waals surface area contributed by atoms with Gasteiger partial charge >= 0.3 is 5.97 Å². The predicted octanol–water partition coefficient (Wildman–Crippen LogP) is 1.77. The Bertz CT molecular complexity index is 365. The number of rotatable bonds is 6. The number of hydrogen-bond donors (Lipinski definition) is 3. The van der Waals surface area contributed by atoms with Gasteiger partial charge in [-0.2, -0.15) is 0 Å². The number of aliphatic carboxylic acids is 1. The molecule has 120 valence electrons. The van der Waals surface area contributed by atoms with Crippen molar-refractivity contribution in [2.24, 2.45) is 17.8 Å². The summed E-state index contributed by atoms with van der Waals surface area (Å²) in [6.45, 7) is 3.20. The summed E-state index contributed by atoms with van der Waals surface area (Å²) >= 11 is 0. The van der Waals surface area contributed by atoms with Crippen LogP contribution in [0.3, 0.4) is 0 Å². The largest absolute Gasteiger partial charge is 0.481 e. The maximum atomic E-state index is 11.9. The van der Waals surface area contributed by atoms with Gasteiger partial charge in [0.15, 0.2) is 0 Å². The predicted molar refractivity (Wildman–Crippen MR) is 80.9 cm³/mol. The Hall–Kier alpha value is -1.10. The molecule has 2 aliphatic carbocycles. The van der Waals surface area contributed by atoms with Crippen LogP contribution in [0.15, 0.2) is 0 Å². The van der Waals surface area contributed by atoms with E-state index in [1.54, 1.807) is 0 Å². The van der Waals surface area contributed by atoms with E-state index >= 15 is 0 Å². The summed E-state index contributed by atoms with van der Waals surface area (Å²) < 4.78 is 0. The molecule has 2 saturated carbocycles. The van der Waals surface area contributed by atoms with E-state index in [-0.39, 0.29) is 17.7 Å². The first-order valence-electron chi connectivity index (χ1n) is 8.29. The molecule has 2 unspecified atom stereocenters. The van der Waals surface area contributed by atoms with E-state index in [9.17, 15) is 9.59 Å². The third-order valence-electron chi connectivity index (χ3n) is 5.05. The first-order chi connectivity index (χ1) is 10.1. The molecule has 0 aromatic heterocycles. The maximum Gasteiger partial charge on any atom is 0.306 e. The van der Waals surface area contributed by atoms with Gasteiger partial charge in [-0.15, -0.1) is 0 Å². The molecule has 5 heteroatoms. The number of carbonyl (C=O) groups excluding carboxylic acids is 1. The lowest BCUT2D eigenvalue weighted by atomic mass is 9.87. The summed E-state index contributed by atoms with van der Waals surface area (Å²) in [5.41, 5.74) is 0. The summed E-state index contributed by atoms with van der Waals surface area (Å²) in [6.07, 6.45) is 7.25. The maximum absolute atomic E-state index is 11.9. The van der Waals surface area contributed by atoms with Crippen molar-refractivity contribution in [2.45, 2.75) is 57.9 Å². The number of carboxylic acids is 1. The fourth-order valence-electron chi connectivity index (χ4n) is 3.66. The highest BCUT2D eigenvalue weighted by molar-refractivity contribution is 5.78. The molecule has 2 fully saturated rings. The normalized spacial score (nSPS) is 32.8. The van der Waals surface area contributed by atoms with E-state index in [1.807, 2.05) is 0 Å². The lowest BCUT2D eigenvalue weighted by Gasteiger charge is -2.27. The van der Waals surface area contributed by atoms with Crippen LogP contribution >= 0.6 is 0 Å². The van der Waals surface area contributed by atoms with Crippen LogP contribution in [0, 0.1) is 17.8 Å². The van der Waals surface area contributed by atoms with Crippen molar-refractivity contribution >= 4 is 11.9 Å². The number of amides is 1. The van der Waals surface area contributed by atoms with E-state index < -0.39 is 5.97 Å². The fourth-order valence-corrected chi connectivity index (χ4v) is 3.66. The topological polar surface area (TPSA) is 78.4 Å². The zero-order valence-corrected chi connectivity index (χ0v) is 12.9. The smallest absolute Gasteiger partial charge is 0.306 e. The Morgan fingerprint density at radius 2 is 1.81 bits per heavy atom. The van der Waals surface area contributed by atoms with Gasteiger partial charge in [-0.3, -0.25) is 9.59 Å². The van der Waals surface area contributed by atoms with E-state index in [4.69, 9.17) is 5.11 Å². The average molecular weight is 296 g/mol. The first kappa shape index (κ1) is 16.3. The van der Waals surface area contributed by atoms with E-state index in [1.165, 1.54) is 12.8 Å². The van der Waals surface area contributed by atoms with Crippen molar-refractivity contribution < 1.29 is 14.7 Å². The van der Waals surface area contributed by atoms with Gasteiger partial charge in [-0.05, 0) is 56.9 Å². The van der Waals surface area contributed by atoms with Crippen molar-refractivity contribution in [3.8, 4) is 0 Å².